The molecular weight excluding hydrogens is 349 g/mol. The molecule has 2 aromatic rings. The highest BCUT2D eigenvalue weighted by molar-refractivity contribution is 5.16. The maximum absolute atomic E-state index is 13.1. The summed E-state index contributed by atoms with van der Waals surface area (Å²) in [6.45, 7) is 5.84. The van der Waals surface area contributed by atoms with Crippen molar-refractivity contribution in [3.8, 4) is 0 Å². The maximum Gasteiger partial charge on any atom is 0.123 e. The molecule has 4 rings (SSSR count). The zero-order valence-corrected chi connectivity index (χ0v) is 16.8. The monoisotopic (exact) mass is 381 g/mol. The van der Waals surface area contributed by atoms with E-state index in [9.17, 15) is 4.39 Å². The molecule has 28 heavy (non-hydrogen) atoms. The van der Waals surface area contributed by atoms with Crippen LogP contribution < -0.4 is 0 Å². The third-order valence-electron chi connectivity index (χ3n) is 6.49. The summed E-state index contributed by atoms with van der Waals surface area (Å²) < 4.78 is 13.1. The second-order valence-corrected chi connectivity index (χ2v) is 8.50. The smallest absolute Gasteiger partial charge is 0.123 e. The third-order valence-corrected chi connectivity index (χ3v) is 6.49. The van der Waals surface area contributed by atoms with Gasteiger partial charge in [0.15, 0.2) is 0 Å². The number of nitrogens with zero attached hydrogens (tertiary/aromatic N) is 3. The van der Waals surface area contributed by atoms with Gasteiger partial charge in [-0.05, 0) is 80.8 Å². The van der Waals surface area contributed by atoms with Crippen LogP contribution in [0.3, 0.4) is 0 Å². The van der Waals surface area contributed by atoms with Crippen LogP contribution in [-0.2, 0) is 13.0 Å². The topological polar surface area (TPSA) is 19.4 Å². The molecule has 150 valence electrons. The summed E-state index contributed by atoms with van der Waals surface area (Å²) in [4.78, 5) is 9.78. The molecule has 1 atom stereocenters. The predicted octanol–water partition coefficient (Wildman–Crippen LogP) is 4.53. The Hall–Kier alpha value is -1.78. The van der Waals surface area contributed by atoms with Crippen LogP contribution >= 0.6 is 0 Å². The highest BCUT2D eigenvalue weighted by atomic mass is 19.1. The summed E-state index contributed by atoms with van der Waals surface area (Å²) in [5.41, 5.74) is 2.45. The molecule has 1 aromatic carbocycles. The van der Waals surface area contributed by atoms with Crippen molar-refractivity contribution in [3.63, 3.8) is 0 Å². The molecule has 0 N–H and O–H groups in total. The molecule has 0 amide bonds. The number of likely N-dealkylation sites (tertiary alicyclic amines) is 2. The van der Waals surface area contributed by atoms with Crippen LogP contribution in [0.1, 0.15) is 43.4 Å². The molecule has 2 aliphatic heterocycles. The summed E-state index contributed by atoms with van der Waals surface area (Å²) in [5.74, 6) is 0.646. The Morgan fingerprint density at radius 1 is 0.964 bits per heavy atom. The van der Waals surface area contributed by atoms with E-state index in [1.54, 1.807) is 12.1 Å². The fraction of sp³-hybridized carbons (Fsp3) is 0.542. The Balaban J connectivity index is 1.22. The number of hydrogen-bond donors (Lipinski definition) is 0. The highest BCUT2D eigenvalue weighted by Gasteiger charge is 2.28. The molecule has 3 nitrogen and oxygen atoms in total. The van der Waals surface area contributed by atoms with Crippen molar-refractivity contribution in [2.75, 3.05) is 26.2 Å². The molecule has 2 fully saturated rings. The number of aromatic nitrogens is 1. The summed E-state index contributed by atoms with van der Waals surface area (Å²) in [6, 6.07) is 14.0. The zero-order chi connectivity index (χ0) is 19.2. The van der Waals surface area contributed by atoms with Crippen LogP contribution in [0.4, 0.5) is 4.39 Å². The molecule has 3 heterocycles. The van der Waals surface area contributed by atoms with Gasteiger partial charge in [0.25, 0.3) is 0 Å². The SMILES string of the molecule is Fc1ccc(CC[C@@H]2CCCN(C3CCN(Cc4ccccn4)CC3)C2)cc1. The number of rotatable bonds is 6. The van der Waals surface area contributed by atoms with Crippen LogP contribution in [0.25, 0.3) is 0 Å². The van der Waals surface area contributed by atoms with E-state index >= 15 is 0 Å². The van der Waals surface area contributed by atoms with Gasteiger partial charge in [0.1, 0.15) is 5.82 Å². The molecule has 0 saturated carbocycles. The van der Waals surface area contributed by atoms with Crippen LogP contribution in [0.2, 0.25) is 0 Å². The van der Waals surface area contributed by atoms with E-state index in [0.717, 1.165) is 24.9 Å². The molecular formula is C24H32FN3. The summed E-state index contributed by atoms with van der Waals surface area (Å²) in [5, 5.41) is 0. The quantitative estimate of drug-likeness (QED) is 0.733. The Morgan fingerprint density at radius 2 is 1.79 bits per heavy atom. The zero-order valence-electron chi connectivity index (χ0n) is 16.8. The number of hydrogen-bond acceptors (Lipinski definition) is 3. The first-order chi connectivity index (χ1) is 13.8. The number of piperidine rings is 2. The first kappa shape index (κ1) is 19.5. The lowest BCUT2D eigenvalue weighted by Gasteiger charge is -2.42. The van der Waals surface area contributed by atoms with Gasteiger partial charge >= 0.3 is 0 Å². The fourth-order valence-electron chi connectivity index (χ4n) is 4.85. The van der Waals surface area contributed by atoms with Crippen molar-refractivity contribution in [1.82, 2.24) is 14.8 Å². The number of benzene rings is 1. The van der Waals surface area contributed by atoms with E-state index in [1.807, 2.05) is 24.4 Å². The van der Waals surface area contributed by atoms with Gasteiger partial charge in [0, 0.05) is 38.4 Å². The van der Waals surface area contributed by atoms with Gasteiger partial charge in [0.05, 0.1) is 5.69 Å². The van der Waals surface area contributed by atoms with Gasteiger partial charge < -0.3 is 4.90 Å². The van der Waals surface area contributed by atoms with Crippen molar-refractivity contribution >= 4 is 0 Å². The first-order valence-electron chi connectivity index (χ1n) is 10.9. The fourth-order valence-corrected chi connectivity index (χ4v) is 4.85. The lowest BCUT2D eigenvalue weighted by Crippen LogP contribution is -2.48. The van der Waals surface area contributed by atoms with E-state index < -0.39 is 0 Å². The molecule has 0 unspecified atom stereocenters. The second kappa shape index (κ2) is 9.62. The lowest BCUT2D eigenvalue weighted by molar-refractivity contribution is 0.0671. The van der Waals surface area contributed by atoms with Crippen LogP contribution in [0.5, 0.6) is 0 Å². The maximum atomic E-state index is 13.1. The summed E-state index contributed by atoms with van der Waals surface area (Å²) in [6.07, 6.45) is 9.40. The number of aryl methyl sites for hydroxylation is 1. The molecule has 1 aromatic heterocycles. The Bertz CT molecular complexity index is 710. The minimum Gasteiger partial charge on any atom is -0.300 e. The molecule has 0 bridgehead atoms. The van der Waals surface area contributed by atoms with Gasteiger partial charge in [0.2, 0.25) is 0 Å². The van der Waals surface area contributed by atoms with Gasteiger partial charge in [-0.25, -0.2) is 4.39 Å². The van der Waals surface area contributed by atoms with E-state index in [0.29, 0.717) is 0 Å². The van der Waals surface area contributed by atoms with Crippen LogP contribution in [-0.4, -0.2) is 47.0 Å². The Labute approximate surface area is 168 Å². The third kappa shape index (κ3) is 5.39. The molecule has 2 saturated heterocycles. The average molecular weight is 382 g/mol. The van der Waals surface area contributed by atoms with E-state index in [4.69, 9.17) is 0 Å². The first-order valence-corrected chi connectivity index (χ1v) is 10.9. The molecule has 0 spiro atoms. The molecule has 0 radical (unpaired) electrons. The minimum atomic E-state index is -0.137. The van der Waals surface area contributed by atoms with Crippen LogP contribution in [0, 0.1) is 11.7 Å². The highest BCUT2D eigenvalue weighted by Crippen LogP contribution is 2.27. The van der Waals surface area contributed by atoms with E-state index in [-0.39, 0.29) is 5.82 Å². The van der Waals surface area contributed by atoms with Crippen molar-refractivity contribution in [3.05, 3.63) is 65.7 Å². The van der Waals surface area contributed by atoms with E-state index in [1.165, 1.54) is 69.5 Å². The normalized spacial score (nSPS) is 22.4. The second-order valence-electron chi connectivity index (χ2n) is 8.50. The standard InChI is InChI=1S/C24H32FN3/c25-22-10-8-20(9-11-22)6-7-21-4-3-15-28(18-21)24-12-16-27(17-13-24)19-23-5-1-2-14-26-23/h1-2,5,8-11,14,21,24H,3-4,6-7,12-13,15-19H2/t21-/m0/s1. The average Bonchev–Trinajstić information content (AvgIpc) is 2.75. The largest absolute Gasteiger partial charge is 0.300 e. The predicted molar refractivity (Wildman–Crippen MR) is 112 cm³/mol. The summed E-state index contributed by atoms with van der Waals surface area (Å²) in [7, 11) is 0. The van der Waals surface area contributed by atoms with Gasteiger partial charge in [-0.15, -0.1) is 0 Å². The molecule has 0 aliphatic carbocycles. The lowest BCUT2D eigenvalue weighted by atomic mass is 9.89. The molecule has 2 aliphatic rings. The van der Waals surface area contributed by atoms with Crippen molar-refractivity contribution in [2.45, 2.75) is 51.1 Å². The van der Waals surface area contributed by atoms with E-state index in [2.05, 4.69) is 26.9 Å². The van der Waals surface area contributed by atoms with Crippen molar-refractivity contribution in [1.29, 1.82) is 0 Å². The Morgan fingerprint density at radius 3 is 2.54 bits per heavy atom. The number of halogens is 1. The number of pyridine rings is 1. The van der Waals surface area contributed by atoms with Crippen molar-refractivity contribution < 1.29 is 4.39 Å². The van der Waals surface area contributed by atoms with Crippen LogP contribution in [0.15, 0.2) is 48.7 Å². The van der Waals surface area contributed by atoms with Gasteiger partial charge in [-0.2, -0.15) is 0 Å². The minimum absolute atomic E-state index is 0.137. The van der Waals surface area contributed by atoms with Gasteiger partial charge in [-0.3, -0.25) is 9.88 Å². The molecule has 4 heteroatoms. The van der Waals surface area contributed by atoms with Gasteiger partial charge in [-0.1, -0.05) is 18.2 Å². The van der Waals surface area contributed by atoms with Crippen molar-refractivity contribution in [2.24, 2.45) is 5.92 Å². The Kier molecular flexibility index (Phi) is 6.71. The summed E-state index contributed by atoms with van der Waals surface area (Å²) >= 11 is 0.